The predicted molar refractivity (Wildman–Crippen MR) is 51.9 cm³/mol. The van der Waals surface area contributed by atoms with Gasteiger partial charge in [-0.15, -0.1) is 0 Å². The lowest BCUT2D eigenvalue weighted by molar-refractivity contribution is -0.120. The minimum Gasteiger partial charge on any atom is -0.393 e. The van der Waals surface area contributed by atoms with Gasteiger partial charge in [-0.1, -0.05) is 6.42 Å². The summed E-state index contributed by atoms with van der Waals surface area (Å²) in [6, 6.07) is 1.04. The Kier molecular flexibility index (Phi) is 1.92. The number of hydrogen-bond donors (Lipinski definition) is 1. The molecule has 1 aliphatic carbocycles. The first kappa shape index (κ1) is 8.86. The summed E-state index contributed by atoms with van der Waals surface area (Å²) in [6.07, 6.45) is 4.82. The van der Waals surface area contributed by atoms with E-state index in [0.29, 0.717) is 30.3 Å². The molecule has 3 heteroatoms. The molecule has 0 radical (unpaired) electrons. The molecule has 1 N–H and O–H groups in total. The van der Waals surface area contributed by atoms with Crippen LogP contribution in [0.25, 0.3) is 0 Å². The van der Waals surface area contributed by atoms with Crippen molar-refractivity contribution in [2.45, 2.75) is 50.3 Å². The van der Waals surface area contributed by atoms with Crippen LogP contribution in [-0.4, -0.2) is 40.5 Å². The third-order valence-corrected chi connectivity index (χ3v) is 4.22. The summed E-state index contributed by atoms with van der Waals surface area (Å²) < 4.78 is 0. The summed E-state index contributed by atoms with van der Waals surface area (Å²) in [5.41, 5.74) is 0. The van der Waals surface area contributed by atoms with Gasteiger partial charge >= 0.3 is 0 Å². The maximum atomic E-state index is 11.7. The third kappa shape index (κ3) is 1.15. The molecule has 0 aromatic carbocycles. The van der Waals surface area contributed by atoms with Crippen LogP contribution < -0.4 is 0 Å². The van der Waals surface area contributed by atoms with Crippen LogP contribution in [0, 0.1) is 5.92 Å². The Bertz CT molecular complexity index is 266. The summed E-state index contributed by atoms with van der Waals surface area (Å²) in [5.74, 6) is 0.755. The summed E-state index contributed by atoms with van der Waals surface area (Å²) >= 11 is 0. The van der Waals surface area contributed by atoms with Crippen molar-refractivity contribution in [1.82, 2.24) is 4.90 Å². The van der Waals surface area contributed by atoms with Crippen LogP contribution in [0.15, 0.2) is 0 Å². The largest absolute Gasteiger partial charge is 0.393 e. The molecule has 3 rings (SSSR count). The van der Waals surface area contributed by atoms with E-state index in [0.717, 1.165) is 32.1 Å². The number of carbonyl (C=O) groups is 1. The standard InChI is InChI=1S/C11H17NO2/c13-8-2-1-3-9-10-5-7(4-8)12(10)6-11(9)14/h7-10,13H,1-6H2/t7?,8-,9?,10?/m0/s1. The predicted octanol–water partition coefficient (Wildman–Crippen LogP) is 0.563. The van der Waals surface area contributed by atoms with E-state index in [1.54, 1.807) is 0 Å². The van der Waals surface area contributed by atoms with E-state index in [2.05, 4.69) is 4.90 Å². The van der Waals surface area contributed by atoms with Crippen LogP contribution >= 0.6 is 0 Å². The molecule has 0 aromatic heterocycles. The van der Waals surface area contributed by atoms with Crippen molar-refractivity contribution in [3.05, 3.63) is 0 Å². The van der Waals surface area contributed by atoms with Crippen molar-refractivity contribution < 1.29 is 9.90 Å². The minimum absolute atomic E-state index is 0.129. The summed E-state index contributed by atoms with van der Waals surface area (Å²) in [4.78, 5) is 14.0. The first-order valence-electron chi connectivity index (χ1n) is 5.72. The number of carbonyl (C=O) groups excluding carboxylic acids is 1. The van der Waals surface area contributed by atoms with Crippen molar-refractivity contribution in [2.75, 3.05) is 6.54 Å². The molecule has 0 spiro atoms. The number of nitrogens with zero attached hydrogens (tertiary/aromatic N) is 1. The highest BCUT2D eigenvalue weighted by Crippen LogP contribution is 2.42. The molecule has 2 heterocycles. The molecule has 2 aliphatic heterocycles. The third-order valence-electron chi connectivity index (χ3n) is 4.22. The van der Waals surface area contributed by atoms with E-state index in [1.807, 2.05) is 0 Å². The molecule has 3 aliphatic rings. The lowest BCUT2D eigenvalue weighted by Gasteiger charge is -2.45. The molecule has 14 heavy (non-hydrogen) atoms. The van der Waals surface area contributed by atoms with Crippen molar-refractivity contribution in [3.8, 4) is 0 Å². The van der Waals surface area contributed by atoms with Crippen LogP contribution in [0.1, 0.15) is 32.1 Å². The van der Waals surface area contributed by atoms with Crippen molar-refractivity contribution >= 4 is 5.78 Å². The van der Waals surface area contributed by atoms with Gasteiger partial charge in [0.25, 0.3) is 0 Å². The topological polar surface area (TPSA) is 40.5 Å². The van der Waals surface area contributed by atoms with Crippen molar-refractivity contribution in [3.63, 3.8) is 0 Å². The molecule has 2 bridgehead atoms. The Hall–Kier alpha value is -0.410. The second kappa shape index (κ2) is 3.04. The number of aliphatic hydroxyl groups excluding tert-OH is 1. The van der Waals surface area contributed by atoms with E-state index in [9.17, 15) is 9.90 Å². The Morgan fingerprint density at radius 3 is 3.00 bits per heavy atom. The van der Waals surface area contributed by atoms with E-state index in [-0.39, 0.29) is 6.10 Å². The second-order valence-corrected chi connectivity index (χ2v) is 5.02. The maximum Gasteiger partial charge on any atom is 0.151 e. The summed E-state index contributed by atoms with van der Waals surface area (Å²) in [7, 11) is 0. The molecule has 1 saturated carbocycles. The van der Waals surface area contributed by atoms with Crippen LogP contribution in [0.5, 0.6) is 0 Å². The summed E-state index contributed by atoms with van der Waals surface area (Å²) in [6.45, 7) is 0.659. The zero-order chi connectivity index (χ0) is 9.71. The van der Waals surface area contributed by atoms with Gasteiger partial charge in [0, 0.05) is 18.0 Å². The average molecular weight is 195 g/mol. The van der Waals surface area contributed by atoms with Crippen LogP contribution in [0.3, 0.4) is 0 Å². The van der Waals surface area contributed by atoms with E-state index >= 15 is 0 Å². The van der Waals surface area contributed by atoms with Crippen molar-refractivity contribution in [1.29, 1.82) is 0 Å². The monoisotopic (exact) mass is 195 g/mol. The normalized spacial score (nSPS) is 47.9. The smallest absolute Gasteiger partial charge is 0.151 e. The first-order chi connectivity index (χ1) is 6.75. The Balaban J connectivity index is 1.81. The van der Waals surface area contributed by atoms with Gasteiger partial charge in [0.2, 0.25) is 0 Å². The fourth-order valence-corrected chi connectivity index (χ4v) is 3.43. The Morgan fingerprint density at radius 1 is 1.29 bits per heavy atom. The molecule has 78 valence electrons. The van der Waals surface area contributed by atoms with Gasteiger partial charge in [-0.25, -0.2) is 0 Å². The molecular weight excluding hydrogens is 178 g/mol. The average Bonchev–Trinajstić information content (AvgIpc) is 2.44. The number of rotatable bonds is 0. The van der Waals surface area contributed by atoms with E-state index in [4.69, 9.17) is 0 Å². The molecule has 3 fully saturated rings. The highest BCUT2D eigenvalue weighted by molar-refractivity contribution is 5.86. The zero-order valence-corrected chi connectivity index (χ0v) is 8.35. The highest BCUT2D eigenvalue weighted by Gasteiger charge is 2.51. The minimum atomic E-state index is -0.129. The number of fused-ring (bicyclic) bond motifs is 2. The lowest BCUT2D eigenvalue weighted by atomic mass is 9.84. The van der Waals surface area contributed by atoms with Crippen LogP contribution in [0.2, 0.25) is 0 Å². The van der Waals surface area contributed by atoms with Crippen molar-refractivity contribution in [2.24, 2.45) is 5.92 Å². The van der Waals surface area contributed by atoms with E-state index in [1.165, 1.54) is 0 Å². The van der Waals surface area contributed by atoms with E-state index < -0.39 is 0 Å². The Labute approximate surface area is 84.1 Å². The van der Waals surface area contributed by atoms with Gasteiger partial charge in [-0.3, -0.25) is 9.69 Å². The molecule has 0 amide bonds. The molecular formula is C11H17NO2. The van der Waals surface area contributed by atoms with Gasteiger partial charge in [-0.05, 0) is 25.7 Å². The first-order valence-corrected chi connectivity index (χ1v) is 5.72. The van der Waals surface area contributed by atoms with Crippen LogP contribution in [-0.2, 0) is 4.79 Å². The van der Waals surface area contributed by atoms with Crippen LogP contribution in [0.4, 0.5) is 0 Å². The lowest BCUT2D eigenvalue weighted by Crippen LogP contribution is -2.54. The quantitative estimate of drug-likeness (QED) is 0.614. The molecule has 3 nitrogen and oxygen atoms in total. The fourth-order valence-electron chi connectivity index (χ4n) is 3.43. The SMILES string of the molecule is O=C1CN2C3CC2C1CCC[C@H](O)C3. The molecule has 2 saturated heterocycles. The van der Waals surface area contributed by atoms with Gasteiger partial charge in [0.15, 0.2) is 5.78 Å². The maximum absolute atomic E-state index is 11.7. The molecule has 0 aromatic rings. The number of hydrogen-bond acceptors (Lipinski definition) is 3. The summed E-state index contributed by atoms with van der Waals surface area (Å²) in [5, 5.41) is 9.72. The molecule has 4 atom stereocenters. The van der Waals surface area contributed by atoms with Gasteiger partial charge in [0.05, 0.1) is 12.6 Å². The second-order valence-electron chi connectivity index (χ2n) is 5.02. The van der Waals surface area contributed by atoms with Gasteiger partial charge in [-0.2, -0.15) is 0 Å². The van der Waals surface area contributed by atoms with Gasteiger partial charge < -0.3 is 5.11 Å². The highest BCUT2D eigenvalue weighted by atomic mass is 16.3. The number of Topliss-reactive ketones (excluding diaryl/α,β-unsaturated/α-hetero) is 1. The number of aliphatic hydroxyl groups is 1. The van der Waals surface area contributed by atoms with Gasteiger partial charge in [0.1, 0.15) is 0 Å². The Morgan fingerprint density at radius 2 is 2.14 bits per heavy atom. The zero-order valence-electron chi connectivity index (χ0n) is 8.35. The molecule has 3 unspecified atom stereocenters. The fraction of sp³-hybridized carbons (Fsp3) is 0.909. The number of ketones is 1.